The van der Waals surface area contributed by atoms with Crippen molar-refractivity contribution in [3.8, 4) is 5.75 Å². The molecule has 0 amide bonds. The molecule has 0 radical (unpaired) electrons. The molecule has 2 heteroatoms. The highest BCUT2D eigenvalue weighted by Crippen LogP contribution is 2.52. The number of ether oxygens (including phenoxy) is 1. The second-order valence-corrected chi connectivity index (χ2v) is 5.65. The van der Waals surface area contributed by atoms with E-state index < -0.39 is 5.60 Å². The van der Waals surface area contributed by atoms with Gasteiger partial charge in [0, 0.05) is 5.56 Å². The Bertz CT molecular complexity index is 398. The zero-order chi connectivity index (χ0) is 12.5. The summed E-state index contributed by atoms with van der Waals surface area (Å²) in [6.07, 6.45) is 4.16. The molecule has 1 atom stereocenters. The minimum Gasteiger partial charge on any atom is -0.496 e. The van der Waals surface area contributed by atoms with Crippen LogP contribution >= 0.6 is 0 Å². The average Bonchev–Trinajstić information content (AvgIpc) is 2.33. The molecule has 0 aromatic heterocycles. The van der Waals surface area contributed by atoms with Crippen LogP contribution in [0.25, 0.3) is 0 Å². The lowest BCUT2D eigenvalue weighted by atomic mass is 9.62. The molecule has 0 bridgehead atoms. The van der Waals surface area contributed by atoms with Gasteiger partial charge >= 0.3 is 0 Å². The quantitative estimate of drug-likeness (QED) is 0.849. The second-order valence-electron chi connectivity index (χ2n) is 5.65. The van der Waals surface area contributed by atoms with Crippen molar-refractivity contribution in [3.05, 3.63) is 29.8 Å². The minimum atomic E-state index is -0.766. The average molecular weight is 234 g/mol. The van der Waals surface area contributed by atoms with Crippen LogP contribution in [0.3, 0.4) is 0 Å². The summed E-state index contributed by atoms with van der Waals surface area (Å²) in [7, 11) is 1.66. The van der Waals surface area contributed by atoms with Gasteiger partial charge in [-0.15, -0.1) is 0 Å². The van der Waals surface area contributed by atoms with Gasteiger partial charge in [-0.3, -0.25) is 0 Å². The predicted molar refractivity (Wildman–Crippen MR) is 69.1 cm³/mol. The molecule has 1 aromatic rings. The molecule has 0 heterocycles. The van der Waals surface area contributed by atoms with E-state index in [2.05, 4.69) is 13.8 Å². The Labute approximate surface area is 104 Å². The van der Waals surface area contributed by atoms with Crippen molar-refractivity contribution in [1.82, 2.24) is 0 Å². The zero-order valence-electron chi connectivity index (χ0n) is 11.0. The number of methoxy groups -OCH3 is 1. The van der Waals surface area contributed by atoms with Crippen LogP contribution in [0.4, 0.5) is 0 Å². The number of benzene rings is 1. The van der Waals surface area contributed by atoms with Crippen LogP contribution in [0.15, 0.2) is 24.3 Å². The lowest BCUT2D eigenvalue weighted by Crippen LogP contribution is -2.44. The first-order chi connectivity index (χ1) is 8.01. The standard InChI is InChI=1S/C15H22O2/c1-14(2)10-6-7-11-15(14,16)12-8-4-5-9-13(12)17-3/h4-5,8-9,16H,6-7,10-11H2,1-3H3. The Morgan fingerprint density at radius 3 is 2.41 bits per heavy atom. The van der Waals surface area contributed by atoms with Crippen LogP contribution in [0.2, 0.25) is 0 Å². The largest absolute Gasteiger partial charge is 0.496 e. The van der Waals surface area contributed by atoms with Crippen LogP contribution in [0.1, 0.15) is 45.1 Å². The first-order valence-electron chi connectivity index (χ1n) is 6.37. The van der Waals surface area contributed by atoms with Crippen molar-refractivity contribution in [3.63, 3.8) is 0 Å². The van der Waals surface area contributed by atoms with Gasteiger partial charge in [0.1, 0.15) is 5.75 Å². The fourth-order valence-corrected chi connectivity index (χ4v) is 2.98. The first kappa shape index (κ1) is 12.4. The number of para-hydroxylation sites is 1. The van der Waals surface area contributed by atoms with Gasteiger partial charge in [0.25, 0.3) is 0 Å². The SMILES string of the molecule is COc1ccccc1C1(O)CCCCC1(C)C. The highest BCUT2D eigenvalue weighted by Gasteiger charge is 2.47. The van der Waals surface area contributed by atoms with Crippen molar-refractivity contribution in [2.45, 2.75) is 45.1 Å². The van der Waals surface area contributed by atoms with Gasteiger partial charge in [-0.1, -0.05) is 44.9 Å². The smallest absolute Gasteiger partial charge is 0.124 e. The Kier molecular flexibility index (Phi) is 3.17. The summed E-state index contributed by atoms with van der Waals surface area (Å²) in [5.74, 6) is 0.796. The van der Waals surface area contributed by atoms with Gasteiger partial charge in [-0.05, 0) is 24.3 Å². The third-order valence-corrected chi connectivity index (χ3v) is 4.26. The van der Waals surface area contributed by atoms with Gasteiger partial charge in [0.05, 0.1) is 12.7 Å². The Morgan fingerprint density at radius 1 is 1.12 bits per heavy atom. The predicted octanol–water partition coefficient (Wildman–Crippen LogP) is 3.48. The zero-order valence-corrected chi connectivity index (χ0v) is 11.0. The van der Waals surface area contributed by atoms with Crippen LogP contribution in [-0.4, -0.2) is 12.2 Å². The van der Waals surface area contributed by atoms with E-state index in [4.69, 9.17) is 4.74 Å². The molecule has 1 aliphatic rings. The van der Waals surface area contributed by atoms with E-state index in [9.17, 15) is 5.11 Å². The molecule has 1 aliphatic carbocycles. The van der Waals surface area contributed by atoms with Crippen LogP contribution in [0.5, 0.6) is 5.75 Å². The molecular weight excluding hydrogens is 212 g/mol. The molecule has 1 aromatic carbocycles. The molecule has 1 unspecified atom stereocenters. The second kappa shape index (κ2) is 4.34. The van der Waals surface area contributed by atoms with Crippen LogP contribution < -0.4 is 4.74 Å². The molecule has 94 valence electrons. The monoisotopic (exact) mass is 234 g/mol. The van der Waals surface area contributed by atoms with Gasteiger partial charge in [-0.2, -0.15) is 0 Å². The summed E-state index contributed by atoms with van der Waals surface area (Å²) in [6, 6.07) is 7.84. The van der Waals surface area contributed by atoms with Crippen molar-refractivity contribution in [2.75, 3.05) is 7.11 Å². The maximum atomic E-state index is 11.1. The maximum absolute atomic E-state index is 11.1. The molecule has 0 spiro atoms. The molecule has 2 nitrogen and oxygen atoms in total. The topological polar surface area (TPSA) is 29.5 Å². The highest BCUT2D eigenvalue weighted by atomic mass is 16.5. The molecule has 1 N–H and O–H groups in total. The number of aliphatic hydroxyl groups is 1. The van der Waals surface area contributed by atoms with Gasteiger partial charge in [0.15, 0.2) is 0 Å². The van der Waals surface area contributed by atoms with Crippen molar-refractivity contribution < 1.29 is 9.84 Å². The summed E-state index contributed by atoms with van der Waals surface area (Å²) in [5, 5.41) is 11.1. The van der Waals surface area contributed by atoms with Crippen molar-refractivity contribution >= 4 is 0 Å². The summed E-state index contributed by atoms with van der Waals surface area (Å²) in [6.45, 7) is 4.30. The fourth-order valence-electron chi connectivity index (χ4n) is 2.98. The highest BCUT2D eigenvalue weighted by molar-refractivity contribution is 5.39. The molecule has 0 saturated heterocycles. The summed E-state index contributed by atoms with van der Waals surface area (Å²) < 4.78 is 5.40. The van der Waals surface area contributed by atoms with E-state index in [-0.39, 0.29) is 5.41 Å². The lowest BCUT2D eigenvalue weighted by Gasteiger charge is -2.47. The van der Waals surface area contributed by atoms with E-state index in [0.29, 0.717) is 0 Å². The molecule has 1 saturated carbocycles. The third kappa shape index (κ3) is 1.95. The van der Waals surface area contributed by atoms with E-state index in [1.807, 2.05) is 24.3 Å². The summed E-state index contributed by atoms with van der Waals surface area (Å²) in [4.78, 5) is 0. The molecule has 17 heavy (non-hydrogen) atoms. The summed E-state index contributed by atoms with van der Waals surface area (Å²) in [5.41, 5.74) is 0.0739. The minimum absolute atomic E-state index is 0.0973. The Morgan fingerprint density at radius 2 is 1.76 bits per heavy atom. The van der Waals surface area contributed by atoms with Crippen molar-refractivity contribution in [1.29, 1.82) is 0 Å². The van der Waals surface area contributed by atoms with Gasteiger partial charge in [0.2, 0.25) is 0 Å². The Hall–Kier alpha value is -1.02. The normalized spacial score (nSPS) is 27.8. The number of rotatable bonds is 2. The third-order valence-electron chi connectivity index (χ3n) is 4.26. The molecular formula is C15H22O2. The van der Waals surface area contributed by atoms with Gasteiger partial charge in [-0.25, -0.2) is 0 Å². The van der Waals surface area contributed by atoms with Crippen LogP contribution in [-0.2, 0) is 5.60 Å². The molecule has 1 fully saturated rings. The molecule has 2 rings (SSSR count). The van der Waals surface area contributed by atoms with E-state index in [1.165, 1.54) is 6.42 Å². The first-order valence-corrected chi connectivity index (χ1v) is 6.37. The van der Waals surface area contributed by atoms with Crippen LogP contribution in [0, 0.1) is 5.41 Å². The number of hydrogen-bond donors (Lipinski definition) is 1. The van der Waals surface area contributed by atoms with E-state index in [1.54, 1.807) is 7.11 Å². The summed E-state index contributed by atoms with van der Waals surface area (Å²) >= 11 is 0. The maximum Gasteiger partial charge on any atom is 0.124 e. The lowest BCUT2D eigenvalue weighted by molar-refractivity contribution is -0.105. The van der Waals surface area contributed by atoms with E-state index in [0.717, 1.165) is 30.6 Å². The van der Waals surface area contributed by atoms with Crippen molar-refractivity contribution in [2.24, 2.45) is 5.41 Å². The number of hydrogen-bond acceptors (Lipinski definition) is 2. The van der Waals surface area contributed by atoms with Gasteiger partial charge < -0.3 is 9.84 Å². The fraction of sp³-hybridized carbons (Fsp3) is 0.600. The molecule has 0 aliphatic heterocycles. The Balaban J connectivity index is 2.49. The van der Waals surface area contributed by atoms with E-state index >= 15 is 0 Å².